The van der Waals surface area contributed by atoms with Gasteiger partial charge in [-0.3, -0.25) is 14.7 Å². The molecule has 2 N–H and O–H groups in total. The highest BCUT2D eigenvalue weighted by Gasteiger charge is 2.52. The Labute approximate surface area is 158 Å². The SMILES string of the molecule is CO[C@@]12CC[C@@H](NC(=O)c3ccccc3)C[C@@H]1N(C(=O)c1cn[nH]c1)CC2. The summed E-state index contributed by atoms with van der Waals surface area (Å²) in [7, 11) is 1.72. The molecule has 7 nitrogen and oxygen atoms in total. The molecule has 0 radical (unpaired) electrons. The van der Waals surface area contributed by atoms with Crippen LogP contribution in [-0.2, 0) is 4.74 Å². The highest BCUT2D eigenvalue weighted by molar-refractivity contribution is 5.95. The van der Waals surface area contributed by atoms with Gasteiger partial charge < -0.3 is 15.0 Å². The van der Waals surface area contributed by atoms with Gasteiger partial charge >= 0.3 is 0 Å². The average molecular weight is 368 g/mol. The Bertz CT molecular complexity index is 808. The van der Waals surface area contributed by atoms with Crippen LogP contribution in [0.4, 0.5) is 0 Å². The van der Waals surface area contributed by atoms with Crippen molar-refractivity contribution in [2.45, 2.75) is 43.4 Å². The van der Waals surface area contributed by atoms with E-state index >= 15 is 0 Å². The van der Waals surface area contributed by atoms with Crippen molar-refractivity contribution in [2.75, 3.05) is 13.7 Å². The molecule has 2 amide bonds. The maximum Gasteiger partial charge on any atom is 0.257 e. The van der Waals surface area contributed by atoms with Crippen molar-refractivity contribution in [3.05, 3.63) is 53.9 Å². The Balaban J connectivity index is 1.50. The molecule has 2 aromatic rings. The summed E-state index contributed by atoms with van der Waals surface area (Å²) in [6.45, 7) is 0.655. The second kappa shape index (κ2) is 7.15. The average Bonchev–Trinajstić information content (AvgIpc) is 3.36. The monoisotopic (exact) mass is 368 g/mol. The number of aromatic nitrogens is 2. The van der Waals surface area contributed by atoms with Crippen LogP contribution in [0.5, 0.6) is 0 Å². The van der Waals surface area contributed by atoms with Crippen molar-refractivity contribution in [3.8, 4) is 0 Å². The minimum Gasteiger partial charge on any atom is -0.376 e. The smallest absolute Gasteiger partial charge is 0.257 e. The first kappa shape index (κ1) is 17.7. The molecule has 7 heteroatoms. The van der Waals surface area contributed by atoms with Crippen LogP contribution in [0.2, 0.25) is 0 Å². The van der Waals surface area contributed by atoms with E-state index in [1.54, 1.807) is 19.5 Å². The Hall–Kier alpha value is -2.67. The van der Waals surface area contributed by atoms with Gasteiger partial charge in [0.1, 0.15) is 0 Å². The Morgan fingerprint density at radius 2 is 2.07 bits per heavy atom. The van der Waals surface area contributed by atoms with Crippen molar-refractivity contribution in [1.82, 2.24) is 20.4 Å². The van der Waals surface area contributed by atoms with Crippen LogP contribution in [0, 0.1) is 0 Å². The summed E-state index contributed by atoms with van der Waals surface area (Å²) in [5, 5.41) is 9.71. The molecule has 0 unspecified atom stereocenters. The number of methoxy groups -OCH3 is 1. The van der Waals surface area contributed by atoms with E-state index in [0.29, 0.717) is 24.1 Å². The highest BCUT2D eigenvalue weighted by Crippen LogP contribution is 2.43. The predicted molar refractivity (Wildman–Crippen MR) is 99.3 cm³/mol. The molecule has 142 valence electrons. The van der Waals surface area contributed by atoms with E-state index in [0.717, 1.165) is 19.3 Å². The number of carbonyl (C=O) groups is 2. The van der Waals surface area contributed by atoms with Gasteiger partial charge in [0.25, 0.3) is 11.8 Å². The molecule has 2 fully saturated rings. The molecule has 1 saturated carbocycles. The lowest BCUT2D eigenvalue weighted by atomic mass is 9.78. The Kier molecular flexibility index (Phi) is 4.70. The van der Waals surface area contributed by atoms with Gasteiger partial charge in [-0.05, 0) is 37.8 Å². The van der Waals surface area contributed by atoms with E-state index in [1.807, 2.05) is 35.2 Å². The number of amides is 2. The second-order valence-electron chi connectivity index (χ2n) is 7.33. The highest BCUT2D eigenvalue weighted by atomic mass is 16.5. The van der Waals surface area contributed by atoms with E-state index in [1.165, 1.54) is 0 Å². The third kappa shape index (κ3) is 3.23. The first-order valence-electron chi connectivity index (χ1n) is 9.34. The molecule has 0 spiro atoms. The predicted octanol–water partition coefficient (Wildman–Crippen LogP) is 1.99. The van der Waals surface area contributed by atoms with Gasteiger partial charge in [0.15, 0.2) is 0 Å². The third-order valence-electron chi connectivity index (χ3n) is 5.97. The molecule has 4 rings (SSSR count). The van der Waals surface area contributed by atoms with E-state index in [-0.39, 0.29) is 29.5 Å². The van der Waals surface area contributed by atoms with Crippen molar-refractivity contribution in [2.24, 2.45) is 0 Å². The van der Waals surface area contributed by atoms with Crippen molar-refractivity contribution < 1.29 is 14.3 Å². The summed E-state index contributed by atoms with van der Waals surface area (Å²) < 4.78 is 5.91. The van der Waals surface area contributed by atoms with Gasteiger partial charge in [0.2, 0.25) is 0 Å². The van der Waals surface area contributed by atoms with E-state index in [4.69, 9.17) is 4.74 Å². The summed E-state index contributed by atoms with van der Waals surface area (Å²) in [6, 6.07) is 9.18. The zero-order chi connectivity index (χ0) is 18.9. The summed E-state index contributed by atoms with van der Waals surface area (Å²) in [6.07, 6.45) is 6.34. The summed E-state index contributed by atoms with van der Waals surface area (Å²) in [5.74, 6) is -0.112. The number of ether oxygens (including phenoxy) is 1. The summed E-state index contributed by atoms with van der Waals surface area (Å²) in [5.41, 5.74) is 0.879. The number of hydrogen-bond donors (Lipinski definition) is 2. The lowest BCUT2D eigenvalue weighted by Gasteiger charge is -2.43. The maximum atomic E-state index is 12.9. The molecule has 1 aliphatic heterocycles. The van der Waals surface area contributed by atoms with Gasteiger partial charge in [0.05, 0.1) is 23.4 Å². The van der Waals surface area contributed by atoms with Gasteiger partial charge in [-0.1, -0.05) is 18.2 Å². The summed E-state index contributed by atoms with van der Waals surface area (Å²) >= 11 is 0. The zero-order valence-corrected chi connectivity index (χ0v) is 15.4. The van der Waals surface area contributed by atoms with E-state index in [9.17, 15) is 9.59 Å². The Morgan fingerprint density at radius 3 is 2.78 bits per heavy atom. The molecule has 2 aliphatic rings. The van der Waals surface area contributed by atoms with Gasteiger partial charge in [-0.25, -0.2) is 0 Å². The lowest BCUT2D eigenvalue weighted by Crippen LogP contribution is -2.55. The van der Waals surface area contributed by atoms with Crippen LogP contribution in [0.1, 0.15) is 46.4 Å². The first-order chi connectivity index (χ1) is 13.1. The molecule has 1 aromatic carbocycles. The number of carbonyl (C=O) groups excluding carboxylic acids is 2. The number of H-pyrrole nitrogens is 1. The number of rotatable bonds is 4. The zero-order valence-electron chi connectivity index (χ0n) is 15.4. The largest absolute Gasteiger partial charge is 0.376 e. The number of nitrogens with zero attached hydrogens (tertiary/aromatic N) is 2. The van der Waals surface area contributed by atoms with Gasteiger partial charge in [-0.15, -0.1) is 0 Å². The van der Waals surface area contributed by atoms with E-state index < -0.39 is 0 Å². The molecule has 0 bridgehead atoms. The molecule has 1 saturated heterocycles. The van der Waals surface area contributed by atoms with Gasteiger partial charge in [0, 0.05) is 31.5 Å². The van der Waals surface area contributed by atoms with Crippen LogP contribution in [0.25, 0.3) is 0 Å². The van der Waals surface area contributed by atoms with Crippen LogP contribution in [0.3, 0.4) is 0 Å². The first-order valence-corrected chi connectivity index (χ1v) is 9.34. The number of nitrogens with one attached hydrogen (secondary N) is 2. The number of likely N-dealkylation sites (tertiary alicyclic amines) is 1. The molecule has 3 atom stereocenters. The third-order valence-corrected chi connectivity index (χ3v) is 5.97. The number of hydrogen-bond acceptors (Lipinski definition) is 4. The molecule has 1 aromatic heterocycles. The maximum absolute atomic E-state index is 12.9. The molecule has 2 heterocycles. The number of aromatic amines is 1. The number of benzene rings is 1. The number of fused-ring (bicyclic) bond motifs is 1. The summed E-state index contributed by atoms with van der Waals surface area (Å²) in [4.78, 5) is 27.3. The van der Waals surface area contributed by atoms with Crippen molar-refractivity contribution >= 4 is 11.8 Å². The minimum absolute atomic E-state index is 0.0173. The molecular formula is C20H24N4O3. The minimum atomic E-state index is -0.326. The van der Waals surface area contributed by atoms with Crippen LogP contribution < -0.4 is 5.32 Å². The molecule has 27 heavy (non-hydrogen) atoms. The fourth-order valence-electron chi connectivity index (χ4n) is 4.46. The molecule has 1 aliphatic carbocycles. The Morgan fingerprint density at radius 1 is 1.26 bits per heavy atom. The van der Waals surface area contributed by atoms with Crippen molar-refractivity contribution in [3.63, 3.8) is 0 Å². The fourth-order valence-corrected chi connectivity index (χ4v) is 4.46. The lowest BCUT2D eigenvalue weighted by molar-refractivity contribution is -0.0625. The molecular weight excluding hydrogens is 344 g/mol. The van der Waals surface area contributed by atoms with Crippen LogP contribution in [0.15, 0.2) is 42.7 Å². The second-order valence-corrected chi connectivity index (χ2v) is 7.33. The standard InChI is InChI=1S/C20H24N4O3/c1-27-20-8-7-16(23-18(25)14-5-3-2-4-6-14)11-17(20)24(10-9-20)19(26)15-12-21-22-13-15/h2-6,12-13,16-17H,7-11H2,1H3,(H,21,22)(H,23,25)/t16-,17+,20-/m1/s1. The quantitative estimate of drug-likeness (QED) is 0.864. The topological polar surface area (TPSA) is 87.3 Å². The van der Waals surface area contributed by atoms with E-state index in [2.05, 4.69) is 15.5 Å². The normalized spacial score (nSPS) is 27.2. The van der Waals surface area contributed by atoms with Crippen LogP contribution in [-0.4, -0.2) is 58.3 Å². The van der Waals surface area contributed by atoms with Gasteiger partial charge in [-0.2, -0.15) is 5.10 Å². The van der Waals surface area contributed by atoms with Crippen LogP contribution >= 0.6 is 0 Å². The van der Waals surface area contributed by atoms with Crippen molar-refractivity contribution in [1.29, 1.82) is 0 Å². The fraction of sp³-hybridized carbons (Fsp3) is 0.450.